The third-order valence-electron chi connectivity index (χ3n) is 6.89. The first-order valence-corrected chi connectivity index (χ1v) is 11.7. The van der Waals surface area contributed by atoms with E-state index in [4.69, 9.17) is 9.47 Å². The van der Waals surface area contributed by atoms with Gasteiger partial charge in [0.15, 0.2) is 0 Å². The lowest BCUT2D eigenvalue weighted by Crippen LogP contribution is -3.27. The summed E-state index contributed by atoms with van der Waals surface area (Å²) in [6, 6.07) is 8.73. The molecule has 1 fully saturated rings. The van der Waals surface area contributed by atoms with Gasteiger partial charge < -0.3 is 23.8 Å². The molecule has 0 atom stereocenters. The zero-order valence-corrected chi connectivity index (χ0v) is 19.3. The number of aromatic nitrogens is 1. The molecule has 1 aromatic carbocycles. The Bertz CT molecular complexity index is 913. The van der Waals surface area contributed by atoms with Crippen LogP contribution in [-0.4, -0.2) is 63.4 Å². The van der Waals surface area contributed by atoms with Crippen molar-refractivity contribution in [1.29, 1.82) is 0 Å². The molecule has 0 aliphatic carbocycles. The van der Waals surface area contributed by atoms with Crippen molar-refractivity contribution >= 4 is 5.78 Å². The van der Waals surface area contributed by atoms with Crippen molar-refractivity contribution in [1.82, 2.24) is 4.57 Å². The van der Waals surface area contributed by atoms with E-state index in [1.54, 1.807) is 12.0 Å². The van der Waals surface area contributed by atoms with E-state index in [1.165, 1.54) is 21.7 Å². The summed E-state index contributed by atoms with van der Waals surface area (Å²) in [6.07, 6.45) is 2.00. The predicted molar refractivity (Wildman–Crippen MR) is 120 cm³/mol. The highest BCUT2D eigenvalue weighted by Gasteiger charge is 2.27. The average Bonchev–Trinajstić information content (AvgIpc) is 3.34. The van der Waals surface area contributed by atoms with E-state index in [1.807, 2.05) is 0 Å². The van der Waals surface area contributed by atoms with Crippen molar-refractivity contribution in [2.45, 2.75) is 39.8 Å². The molecular formula is C25H37N3O3+2. The van der Waals surface area contributed by atoms with Crippen molar-refractivity contribution in [3.8, 4) is 5.75 Å². The summed E-state index contributed by atoms with van der Waals surface area (Å²) in [5, 5.41) is 0. The smallest absolute Gasteiger partial charge is 0.218 e. The highest BCUT2D eigenvalue weighted by molar-refractivity contribution is 5.98. The number of piperazine rings is 1. The molecule has 0 amide bonds. The van der Waals surface area contributed by atoms with Gasteiger partial charge in [0, 0.05) is 49.2 Å². The number of nitrogens with zero attached hydrogens (tertiary/aromatic N) is 1. The van der Waals surface area contributed by atoms with Crippen LogP contribution in [0, 0.1) is 13.8 Å². The van der Waals surface area contributed by atoms with Gasteiger partial charge in [-0.2, -0.15) is 0 Å². The van der Waals surface area contributed by atoms with Crippen LogP contribution in [0.2, 0.25) is 0 Å². The van der Waals surface area contributed by atoms with E-state index in [2.05, 4.69) is 42.7 Å². The van der Waals surface area contributed by atoms with Crippen LogP contribution in [0.5, 0.6) is 5.75 Å². The maximum atomic E-state index is 13.0. The van der Waals surface area contributed by atoms with Gasteiger partial charge in [0.2, 0.25) is 5.78 Å². The zero-order chi connectivity index (χ0) is 21.8. The van der Waals surface area contributed by atoms with Crippen LogP contribution in [0.1, 0.15) is 39.3 Å². The van der Waals surface area contributed by atoms with Crippen LogP contribution in [0.25, 0.3) is 0 Å². The lowest BCUT2D eigenvalue weighted by Gasteiger charge is -2.29. The van der Waals surface area contributed by atoms with Crippen molar-refractivity contribution < 1.29 is 24.1 Å². The number of fused-ring (bicyclic) bond motifs is 1. The minimum absolute atomic E-state index is 0.281. The normalized spacial score (nSPS) is 20.5. The number of nitrogens with one attached hydrogen (secondary N) is 2. The Kier molecular flexibility index (Phi) is 7.10. The van der Waals surface area contributed by atoms with Gasteiger partial charge in [-0.1, -0.05) is 0 Å². The Morgan fingerprint density at radius 3 is 2.68 bits per heavy atom. The number of ether oxygens (including phenoxy) is 2. The summed E-state index contributed by atoms with van der Waals surface area (Å²) in [4.78, 5) is 16.1. The van der Waals surface area contributed by atoms with Crippen molar-refractivity contribution in [3.05, 3.63) is 52.3 Å². The van der Waals surface area contributed by atoms with E-state index in [9.17, 15) is 4.79 Å². The van der Waals surface area contributed by atoms with E-state index in [0.717, 1.165) is 82.3 Å². The number of methoxy groups -OCH3 is 1. The molecule has 2 N–H and O–H groups in total. The molecule has 1 saturated heterocycles. The van der Waals surface area contributed by atoms with Gasteiger partial charge in [0.1, 0.15) is 45.0 Å². The van der Waals surface area contributed by atoms with E-state index in [0.29, 0.717) is 6.54 Å². The van der Waals surface area contributed by atoms with Crippen molar-refractivity contribution in [2.75, 3.05) is 53.0 Å². The number of carbonyl (C=O) groups is 1. The van der Waals surface area contributed by atoms with Crippen LogP contribution in [0.3, 0.4) is 0 Å². The lowest BCUT2D eigenvalue weighted by molar-refractivity contribution is -1.01. The Morgan fingerprint density at radius 2 is 1.90 bits per heavy atom. The second-order valence-corrected chi connectivity index (χ2v) is 9.10. The monoisotopic (exact) mass is 427 g/mol. The Morgan fingerprint density at radius 1 is 1.13 bits per heavy atom. The van der Waals surface area contributed by atoms with Crippen molar-refractivity contribution in [3.63, 3.8) is 0 Å². The fourth-order valence-corrected chi connectivity index (χ4v) is 5.07. The number of Topliss-reactive ketones (excluding diaryl/α,β-unsaturated/α-hetero) is 1. The molecule has 0 saturated carbocycles. The third kappa shape index (κ3) is 5.20. The first-order chi connectivity index (χ1) is 15.0. The highest BCUT2D eigenvalue weighted by Crippen LogP contribution is 2.25. The molecular weight excluding hydrogens is 390 g/mol. The van der Waals surface area contributed by atoms with Crippen LogP contribution in [0.15, 0.2) is 24.3 Å². The Balaban J connectivity index is 1.28. The van der Waals surface area contributed by atoms with Gasteiger partial charge in [-0.05, 0) is 50.1 Å². The van der Waals surface area contributed by atoms with Gasteiger partial charge >= 0.3 is 0 Å². The van der Waals surface area contributed by atoms with Gasteiger partial charge in [0.25, 0.3) is 0 Å². The van der Waals surface area contributed by atoms with Crippen LogP contribution < -0.4 is 14.5 Å². The van der Waals surface area contributed by atoms with Crippen LogP contribution >= 0.6 is 0 Å². The molecule has 31 heavy (non-hydrogen) atoms. The first-order valence-electron chi connectivity index (χ1n) is 11.7. The highest BCUT2D eigenvalue weighted by atomic mass is 16.5. The SMILES string of the molecule is COCCCn1c(C)cc(C(=O)C[NH+]2CC[NH+](Cc3ccc4c(c3)CCO4)CC2)c1C. The second-order valence-electron chi connectivity index (χ2n) is 9.10. The molecule has 0 bridgehead atoms. The van der Waals surface area contributed by atoms with Gasteiger partial charge in [0.05, 0.1) is 6.61 Å². The number of rotatable bonds is 9. The summed E-state index contributed by atoms with van der Waals surface area (Å²) in [7, 11) is 1.73. The number of benzene rings is 1. The first kappa shape index (κ1) is 22.1. The molecule has 0 radical (unpaired) electrons. The molecule has 2 aliphatic rings. The quantitative estimate of drug-likeness (QED) is 0.445. The molecule has 4 rings (SSSR count). The molecule has 3 heterocycles. The molecule has 1 aromatic heterocycles. The van der Waals surface area contributed by atoms with E-state index < -0.39 is 0 Å². The summed E-state index contributed by atoms with van der Waals surface area (Å²) >= 11 is 0. The molecule has 2 aliphatic heterocycles. The molecule has 0 unspecified atom stereocenters. The third-order valence-corrected chi connectivity index (χ3v) is 6.89. The fraction of sp³-hybridized carbons (Fsp3) is 0.560. The van der Waals surface area contributed by atoms with Crippen molar-refractivity contribution in [2.24, 2.45) is 0 Å². The number of aryl methyl sites for hydroxylation is 1. The van der Waals surface area contributed by atoms with E-state index in [-0.39, 0.29) is 5.78 Å². The number of ketones is 1. The minimum Gasteiger partial charge on any atom is -0.493 e. The molecule has 168 valence electrons. The molecule has 0 spiro atoms. The van der Waals surface area contributed by atoms with Gasteiger partial charge in [-0.25, -0.2) is 0 Å². The fourth-order valence-electron chi connectivity index (χ4n) is 5.07. The van der Waals surface area contributed by atoms with Crippen LogP contribution in [-0.2, 0) is 24.2 Å². The number of hydrogen-bond donors (Lipinski definition) is 2. The lowest BCUT2D eigenvalue weighted by atomic mass is 10.1. The number of quaternary nitrogens is 2. The summed E-state index contributed by atoms with van der Waals surface area (Å²) < 4.78 is 13.1. The number of carbonyl (C=O) groups excluding carboxylic acids is 1. The van der Waals surface area contributed by atoms with Gasteiger partial charge in [-0.3, -0.25) is 4.79 Å². The predicted octanol–water partition coefficient (Wildman–Crippen LogP) is 0.243. The molecule has 2 aromatic rings. The molecule has 6 nitrogen and oxygen atoms in total. The Labute approximate surface area is 185 Å². The average molecular weight is 428 g/mol. The standard InChI is InChI=1S/C25H35N3O3/c1-19-15-23(20(2)28(19)8-4-13-30-3)24(29)18-27-11-9-26(10-12-27)17-21-5-6-25-22(16-21)7-14-31-25/h5-6,15-16H,4,7-14,17-18H2,1-3H3/p+2. The minimum atomic E-state index is 0.281. The topological polar surface area (TPSA) is 49.3 Å². The zero-order valence-electron chi connectivity index (χ0n) is 19.3. The maximum Gasteiger partial charge on any atom is 0.218 e. The molecule has 6 heteroatoms. The summed E-state index contributed by atoms with van der Waals surface area (Å²) in [5.41, 5.74) is 5.92. The van der Waals surface area contributed by atoms with Gasteiger partial charge in [-0.15, -0.1) is 0 Å². The largest absolute Gasteiger partial charge is 0.493 e. The summed E-state index contributed by atoms with van der Waals surface area (Å²) in [5.74, 6) is 1.34. The number of hydrogen-bond acceptors (Lipinski definition) is 3. The van der Waals surface area contributed by atoms with Crippen LogP contribution in [0.4, 0.5) is 0 Å². The van der Waals surface area contributed by atoms with E-state index >= 15 is 0 Å². The second kappa shape index (κ2) is 9.98. The maximum absolute atomic E-state index is 13.0. The summed E-state index contributed by atoms with van der Waals surface area (Å²) in [6.45, 7) is 12.7. The Hall–Kier alpha value is -2.15.